The number of fused-ring (bicyclic) bond motifs is 3. The molecule has 0 aliphatic heterocycles. The van der Waals surface area contributed by atoms with E-state index in [1.165, 1.54) is 6.07 Å². The van der Waals surface area contributed by atoms with Gasteiger partial charge < -0.3 is 4.40 Å². The molecule has 3 aromatic rings. The maximum atomic E-state index is 13.7. The highest BCUT2D eigenvalue weighted by atomic mass is 79.9. The Morgan fingerprint density at radius 2 is 2.14 bits per heavy atom. The summed E-state index contributed by atoms with van der Waals surface area (Å²) in [5.74, 6) is -0.610. The zero-order valence-electron chi connectivity index (χ0n) is 11.2. The van der Waals surface area contributed by atoms with Crippen molar-refractivity contribution in [1.29, 1.82) is 0 Å². The number of hydrogen-bond acceptors (Lipinski definition) is 2. The third-order valence-corrected chi connectivity index (χ3v) is 4.89. The number of carbonyl (C=O) groups excluding carboxylic acids is 1. The fourth-order valence-corrected chi connectivity index (χ4v) is 3.58. The van der Waals surface area contributed by atoms with Crippen LogP contribution in [0, 0.1) is 5.82 Å². The molecular formula is C16H9BrClFN2O. The van der Waals surface area contributed by atoms with Crippen molar-refractivity contribution in [3.63, 3.8) is 0 Å². The fourth-order valence-electron chi connectivity index (χ4n) is 2.99. The van der Waals surface area contributed by atoms with Crippen molar-refractivity contribution in [2.45, 2.75) is 12.3 Å². The monoisotopic (exact) mass is 378 g/mol. The molecule has 0 spiro atoms. The second-order valence-electron chi connectivity index (χ2n) is 5.24. The first kappa shape index (κ1) is 13.9. The van der Waals surface area contributed by atoms with Crippen LogP contribution in [-0.2, 0) is 0 Å². The Balaban J connectivity index is 2.00. The van der Waals surface area contributed by atoms with Gasteiger partial charge in [0.15, 0.2) is 5.78 Å². The molecule has 0 saturated carbocycles. The summed E-state index contributed by atoms with van der Waals surface area (Å²) in [5.41, 5.74) is 2.49. The second kappa shape index (κ2) is 4.89. The Morgan fingerprint density at radius 3 is 2.91 bits per heavy atom. The molecule has 22 heavy (non-hydrogen) atoms. The lowest BCUT2D eigenvalue weighted by Gasteiger charge is -2.13. The highest BCUT2D eigenvalue weighted by Gasteiger charge is 2.36. The molecule has 3 nitrogen and oxygen atoms in total. The van der Waals surface area contributed by atoms with Crippen molar-refractivity contribution in [2.24, 2.45) is 0 Å². The van der Waals surface area contributed by atoms with Crippen LogP contribution in [0.3, 0.4) is 0 Å². The summed E-state index contributed by atoms with van der Waals surface area (Å²) in [7, 11) is 0. The van der Waals surface area contributed by atoms with Crippen molar-refractivity contribution in [3.05, 3.63) is 68.8 Å². The molecule has 1 aliphatic carbocycles. The van der Waals surface area contributed by atoms with E-state index in [1.807, 2.05) is 18.2 Å². The van der Waals surface area contributed by atoms with Crippen LogP contribution >= 0.6 is 27.5 Å². The predicted octanol–water partition coefficient (Wildman–Crippen LogP) is 4.61. The van der Waals surface area contributed by atoms with Crippen LogP contribution in [0.15, 0.2) is 41.0 Å². The smallest absolute Gasteiger partial charge is 0.184 e. The molecule has 4 rings (SSSR count). The van der Waals surface area contributed by atoms with E-state index in [2.05, 4.69) is 20.9 Å². The van der Waals surface area contributed by atoms with Crippen LogP contribution in [0.2, 0.25) is 5.02 Å². The summed E-state index contributed by atoms with van der Waals surface area (Å²) in [4.78, 5) is 16.6. The molecule has 0 saturated heterocycles. The number of Topliss-reactive ketones (excluding diaryl/α,β-unsaturated/α-hetero) is 1. The molecule has 2 aromatic heterocycles. The molecule has 0 unspecified atom stereocenters. The van der Waals surface area contributed by atoms with Crippen molar-refractivity contribution in [2.75, 3.05) is 0 Å². The minimum absolute atomic E-state index is 0.0415. The van der Waals surface area contributed by atoms with E-state index in [-0.39, 0.29) is 11.7 Å². The summed E-state index contributed by atoms with van der Waals surface area (Å²) in [6.07, 6.45) is 1.94. The van der Waals surface area contributed by atoms with Gasteiger partial charge >= 0.3 is 0 Å². The van der Waals surface area contributed by atoms with E-state index >= 15 is 0 Å². The van der Waals surface area contributed by atoms with Crippen LogP contribution in [0.5, 0.6) is 0 Å². The van der Waals surface area contributed by atoms with Crippen molar-refractivity contribution in [1.82, 2.24) is 9.38 Å². The molecule has 0 bridgehead atoms. The number of benzene rings is 1. The normalized spacial score (nSPS) is 17.2. The number of aromatic nitrogens is 2. The van der Waals surface area contributed by atoms with Crippen molar-refractivity contribution < 1.29 is 9.18 Å². The van der Waals surface area contributed by atoms with Crippen LogP contribution in [0.25, 0.3) is 5.65 Å². The Hall–Kier alpha value is -1.72. The van der Waals surface area contributed by atoms with E-state index in [4.69, 9.17) is 11.6 Å². The average molecular weight is 380 g/mol. The first-order valence-electron chi connectivity index (χ1n) is 6.71. The summed E-state index contributed by atoms with van der Waals surface area (Å²) >= 11 is 9.46. The van der Waals surface area contributed by atoms with Crippen LogP contribution < -0.4 is 0 Å². The summed E-state index contributed by atoms with van der Waals surface area (Å²) in [6, 6.07) is 8.78. The molecule has 110 valence electrons. The van der Waals surface area contributed by atoms with Crippen LogP contribution in [0.1, 0.15) is 34.1 Å². The molecule has 0 fully saturated rings. The topological polar surface area (TPSA) is 34.4 Å². The van der Waals surface area contributed by atoms with Gasteiger partial charge in [-0.05, 0) is 27.6 Å². The Labute approximate surface area is 138 Å². The summed E-state index contributed by atoms with van der Waals surface area (Å²) in [6.45, 7) is 0. The highest BCUT2D eigenvalue weighted by molar-refractivity contribution is 9.10. The van der Waals surface area contributed by atoms with Crippen LogP contribution in [0.4, 0.5) is 4.39 Å². The lowest BCUT2D eigenvalue weighted by molar-refractivity contribution is 0.0987. The lowest BCUT2D eigenvalue weighted by Crippen LogP contribution is -2.03. The van der Waals surface area contributed by atoms with Crippen molar-refractivity contribution >= 4 is 39.0 Å². The van der Waals surface area contributed by atoms with Gasteiger partial charge in [0.1, 0.15) is 17.2 Å². The van der Waals surface area contributed by atoms with Gasteiger partial charge in [-0.3, -0.25) is 4.79 Å². The molecule has 6 heteroatoms. The SMILES string of the molecule is O=C1C[C@H](c2ccccc2Cl)c2c1nc1cc(F)c(Br)cn21. The number of imidazole rings is 1. The Morgan fingerprint density at radius 1 is 1.36 bits per heavy atom. The molecule has 1 aromatic carbocycles. The number of rotatable bonds is 1. The number of nitrogens with zero attached hydrogens (tertiary/aromatic N) is 2. The predicted molar refractivity (Wildman–Crippen MR) is 85.1 cm³/mol. The van der Waals surface area contributed by atoms with E-state index < -0.39 is 5.82 Å². The van der Waals surface area contributed by atoms with E-state index in [0.717, 1.165) is 11.3 Å². The first-order chi connectivity index (χ1) is 10.6. The molecule has 2 heterocycles. The highest BCUT2D eigenvalue weighted by Crippen LogP contribution is 2.41. The minimum atomic E-state index is -0.405. The Bertz CT molecular complexity index is 937. The van der Waals surface area contributed by atoms with Gasteiger partial charge in [-0.15, -0.1) is 0 Å². The number of ketones is 1. The minimum Gasteiger partial charge on any atom is -0.301 e. The first-order valence-corrected chi connectivity index (χ1v) is 7.88. The van der Waals surface area contributed by atoms with Crippen LogP contribution in [-0.4, -0.2) is 15.2 Å². The molecule has 0 amide bonds. The molecule has 0 radical (unpaired) electrons. The van der Waals surface area contributed by atoms with E-state index in [0.29, 0.717) is 27.3 Å². The number of pyridine rings is 1. The van der Waals surface area contributed by atoms with Gasteiger partial charge in [-0.2, -0.15) is 0 Å². The maximum absolute atomic E-state index is 13.7. The summed E-state index contributed by atoms with van der Waals surface area (Å²) < 4.78 is 15.8. The van der Waals surface area contributed by atoms with Gasteiger partial charge in [0, 0.05) is 29.6 Å². The van der Waals surface area contributed by atoms with Gasteiger partial charge in [0.05, 0.1) is 10.2 Å². The zero-order valence-corrected chi connectivity index (χ0v) is 13.5. The fraction of sp³-hybridized carbons (Fsp3) is 0.125. The number of hydrogen-bond donors (Lipinski definition) is 0. The molecule has 1 aliphatic rings. The Kier molecular flexibility index (Phi) is 3.09. The standard InChI is InChI=1S/C16H9BrClFN2O/c17-10-7-21-14(6-12(10)19)20-15-13(22)5-9(16(15)21)8-3-1-2-4-11(8)18/h1-4,6-7,9H,5H2/t9-/m1/s1. The summed E-state index contributed by atoms with van der Waals surface area (Å²) in [5, 5.41) is 0.615. The lowest BCUT2D eigenvalue weighted by atomic mass is 9.96. The van der Waals surface area contributed by atoms with Gasteiger partial charge in [0.2, 0.25) is 0 Å². The van der Waals surface area contributed by atoms with Gasteiger partial charge in [-0.1, -0.05) is 29.8 Å². The van der Waals surface area contributed by atoms with Crippen molar-refractivity contribution in [3.8, 4) is 0 Å². The van der Waals surface area contributed by atoms with Gasteiger partial charge in [-0.25, -0.2) is 9.37 Å². The third-order valence-electron chi connectivity index (χ3n) is 3.97. The second-order valence-corrected chi connectivity index (χ2v) is 6.51. The quantitative estimate of drug-likeness (QED) is 0.619. The molecule has 0 N–H and O–H groups in total. The largest absolute Gasteiger partial charge is 0.301 e. The molecule has 1 atom stereocenters. The third kappa shape index (κ3) is 1.92. The molecular weight excluding hydrogens is 371 g/mol. The number of carbonyl (C=O) groups is 1. The van der Waals surface area contributed by atoms with E-state index in [1.54, 1.807) is 16.7 Å². The average Bonchev–Trinajstić information content (AvgIpc) is 2.99. The number of halogens is 3. The van der Waals surface area contributed by atoms with E-state index in [9.17, 15) is 9.18 Å². The maximum Gasteiger partial charge on any atom is 0.184 e. The van der Waals surface area contributed by atoms with Gasteiger partial charge in [0.25, 0.3) is 0 Å². The zero-order chi connectivity index (χ0) is 15.4.